The van der Waals surface area contributed by atoms with E-state index in [1.165, 1.54) is 12.0 Å². The van der Waals surface area contributed by atoms with Crippen LogP contribution in [0.2, 0.25) is 0 Å². The Morgan fingerprint density at radius 1 is 0.968 bits per heavy atom. The Morgan fingerprint density at radius 2 is 1.61 bits per heavy atom. The number of hydrogen-bond acceptors (Lipinski definition) is 4. The maximum atomic E-state index is 13.3. The van der Waals surface area contributed by atoms with Crippen molar-refractivity contribution >= 4 is 12.0 Å². The minimum atomic E-state index is -0.721. The van der Waals surface area contributed by atoms with Crippen molar-refractivity contribution in [3.8, 4) is 0 Å². The number of methoxy groups -OCH3 is 1. The molecule has 1 aromatic heterocycles. The molecule has 0 saturated heterocycles. The van der Waals surface area contributed by atoms with E-state index in [1.807, 2.05) is 59.3 Å². The molecule has 1 atom stereocenters. The third-order valence-electron chi connectivity index (χ3n) is 5.19. The minimum Gasteiger partial charge on any atom is -0.452 e. The van der Waals surface area contributed by atoms with E-state index in [2.05, 4.69) is 17.1 Å². The summed E-state index contributed by atoms with van der Waals surface area (Å²) in [6.45, 7) is 1.12. The van der Waals surface area contributed by atoms with Gasteiger partial charge in [0.05, 0.1) is 25.7 Å². The molecule has 0 aliphatic carbocycles. The van der Waals surface area contributed by atoms with Crippen molar-refractivity contribution in [2.45, 2.75) is 25.6 Å². The van der Waals surface area contributed by atoms with E-state index in [0.29, 0.717) is 19.5 Å². The number of carbonyl (C=O) groups excluding carboxylic acids is 2. The summed E-state index contributed by atoms with van der Waals surface area (Å²) in [5, 5.41) is 0. The van der Waals surface area contributed by atoms with Gasteiger partial charge in [-0.3, -0.25) is 9.69 Å². The van der Waals surface area contributed by atoms with Crippen molar-refractivity contribution in [2.24, 2.45) is 0 Å². The average Bonchev–Trinajstić information content (AvgIpc) is 3.24. The fourth-order valence-corrected chi connectivity index (χ4v) is 3.62. The van der Waals surface area contributed by atoms with Crippen LogP contribution in [0.25, 0.3) is 0 Å². The van der Waals surface area contributed by atoms with Gasteiger partial charge in [-0.1, -0.05) is 60.7 Å². The van der Waals surface area contributed by atoms with Gasteiger partial charge in [0.1, 0.15) is 6.04 Å². The molecule has 0 saturated carbocycles. The van der Waals surface area contributed by atoms with Crippen molar-refractivity contribution in [2.75, 3.05) is 7.11 Å². The summed E-state index contributed by atoms with van der Waals surface area (Å²) >= 11 is 0. The Labute approximate surface area is 181 Å². The maximum absolute atomic E-state index is 13.3. The van der Waals surface area contributed by atoms with Crippen molar-refractivity contribution in [3.05, 3.63) is 102 Å². The molecule has 1 aliphatic heterocycles. The van der Waals surface area contributed by atoms with Gasteiger partial charge in [0.15, 0.2) is 0 Å². The molecule has 4 rings (SSSR count). The summed E-state index contributed by atoms with van der Waals surface area (Å²) in [5.74, 6) is -0.172. The van der Waals surface area contributed by atoms with Crippen LogP contribution in [0, 0.1) is 0 Å². The van der Waals surface area contributed by atoms with Gasteiger partial charge in [-0.15, -0.1) is 0 Å². The van der Waals surface area contributed by atoms with Crippen LogP contribution in [0.5, 0.6) is 0 Å². The van der Waals surface area contributed by atoms with Crippen LogP contribution in [0.15, 0.2) is 85.6 Å². The van der Waals surface area contributed by atoms with E-state index in [0.717, 1.165) is 16.8 Å². The average molecular weight is 416 g/mol. The van der Waals surface area contributed by atoms with Gasteiger partial charge in [-0.05, 0) is 11.1 Å². The number of ether oxygens (including phenoxy) is 1. The summed E-state index contributed by atoms with van der Waals surface area (Å²) < 4.78 is 6.85. The van der Waals surface area contributed by atoms with Crippen LogP contribution >= 0.6 is 0 Å². The van der Waals surface area contributed by atoms with Gasteiger partial charge in [0.2, 0.25) is 0 Å². The van der Waals surface area contributed by atoms with E-state index < -0.39 is 12.1 Å². The second-order valence-electron chi connectivity index (χ2n) is 7.37. The van der Waals surface area contributed by atoms with Gasteiger partial charge >= 0.3 is 6.09 Å². The summed E-state index contributed by atoms with van der Waals surface area (Å²) in [6, 6.07) is 19.1. The zero-order valence-electron chi connectivity index (χ0n) is 17.3. The normalized spacial score (nSPS) is 15.9. The largest absolute Gasteiger partial charge is 0.452 e. The highest BCUT2D eigenvalue weighted by molar-refractivity contribution is 5.88. The van der Waals surface area contributed by atoms with Gasteiger partial charge in [0.25, 0.3) is 5.91 Å². The number of amides is 2. The molecule has 0 spiro atoms. The molecule has 2 amide bonds. The Kier molecular flexibility index (Phi) is 6.12. The van der Waals surface area contributed by atoms with E-state index in [9.17, 15) is 9.59 Å². The van der Waals surface area contributed by atoms with Gasteiger partial charge in [-0.2, -0.15) is 0 Å². The topological polar surface area (TPSA) is 67.7 Å². The predicted octanol–water partition coefficient (Wildman–Crippen LogP) is 3.42. The lowest BCUT2D eigenvalue weighted by Crippen LogP contribution is -2.51. The first-order valence-electron chi connectivity index (χ1n) is 10.1. The quantitative estimate of drug-likeness (QED) is 0.618. The SMILES string of the molecule is COC(=O)N1C=CN(Cc2ccccc2)C(=O)[C@@H]1Cc1cn(Cc2ccccc2)cn1. The number of carbonyl (C=O) groups is 2. The van der Waals surface area contributed by atoms with Crippen molar-refractivity contribution in [1.82, 2.24) is 19.4 Å². The first kappa shape index (κ1) is 20.4. The number of imidazole rings is 1. The standard InChI is InChI=1S/C24H24N4O3/c1-31-24(30)28-13-12-27(16-20-10-6-3-7-11-20)23(29)22(28)14-21-17-26(18-25-21)15-19-8-4-2-5-9-19/h2-13,17-18,22H,14-16H2,1H3/t22-/m0/s1. The third kappa shape index (κ3) is 4.83. The molecule has 7 heteroatoms. The lowest BCUT2D eigenvalue weighted by atomic mass is 10.1. The molecule has 0 fully saturated rings. The fourth-order valence-electron chi connectivity index (χ4n) is 3.62. The molecule has 0 unspecified atom stereocenters. The summed E-state index contributed by atoms with van der Waals surface area (Å²) in [5.41, 5.74) is 2.91. The first-order chi connectivity index (χ1) is 15.1. The zero-order chi connectivity index (χ0) is 21.6. The molecule has 2 heterocycles. The second-order valence-corrected chi connectivity index (χ2v) is 7.37. The van der Waals surface area contributed by atoms with E-state index >= 15 is 0 Å². The second kappa shape index (κ2) is 9.30. The highest BCUT2D eigenvalue weighted by atomic mass is 16.5. The number of rotatable bonds is 6. The summed E-state index contributed by atoms with van der Waals surface area (Å²) in [7, 11) is 1.31. The Hall–Kier alpha value is -3.87. The molecule has 31 heavy (non-hydrogen) atoms. The molecule has 0 bridgehead atoms. The molecule has 2 aromatic carbocycles. The lowest BCUT2D eigenvalue weighted by molar-refractivity contribution is -0.134. The smallest absolute Gasteiger partial charge is 0.414 e. The van der Waals surface area contributed by atoms with E-state index in [1.54, 1.807) is 23.6 Å². The summed E-state index contributed by atoms with van der Waals surface area (Å²) in [6.07, 6.45) is 6.60. The molecule has 1 aliphatic rings. The van der Waals surface area contributed by atoms with Gasteiger partial charge in [-0.25, -0.2) is 9.78 Å². The predicted molar refractivity (Wildman–Crippen MR) is 116 cm³/mol. The summed E-state index contributed by atoms with van der Waals surface area (Å²) in [4.78, 5) is 33.0. The minimum absolute atomic E-state index is 0.172. The molecule has 7 nitrogen and oxygen atoms in total. The van der Waals surface area contributed by atoms with Crippen LogP contribution in [-0.2, 0) is 29.0 Å². The number of aromatic nitrogens is 2. The van der Waals surface area contributed by atoms with Crippen LogP contribution < -0.4 is 0 Å². The van der Waals surface area contributed by atoms with Crippen LogP contribution in [-0.4, -0.2) is 44.5 Å². The first-order valence-corrected chi connectivity index (χ1v) is 10.1. The number of nitrogens with zero attached hydrogens (tertiary/aromatic N) is 4. The highest BCUT2D eigenvalue weighted by Crippen LogP contribution is 2.20. The molecule has 0 N–H and O–H groups in total. The lowest BCUT2D eigenvalue weighted by Gasteiger charge is -2.34. The number of hydrogen-bond donors (Lipinski definition) is 0. The van der Waals surface area contributed by atoms with Gasteiger partial charge < -0.3 is 14.2 Å². The molecular formula is C24H24N4O3. The monoisotopic (exact) mass is 416 g/mol. The van der Waals surface area contributed by atoms with Gasteiger partial charge in [0, 0.05) is 31.6 Å². The molecule has 3 aromatic rings. The number of benzene rings is 2. The molecule has 158 valence electrons. The molecular weight excluding hydrogens is 392 g/mol. The maximum Gasteiger partial charge on any atom is 0.414 e. The fraction of sp³-hybridized carbons (Fsp3) is 0.208. The van der Waals surface area contributed by atoms with Crippen LogP contribution in [0.3, 0.4) is 0 Å². The van der Waals surface area contributed by atoms with Crippen molar-refractivity contribution < 1.29 is 14.3 Å². The van der Waals surface area contributed by atoms with Crippen molar-refractivity contribution in [3.63, 3.8) is 0 Å². The van der Waals surface area contributed by atoms with Crippen LogP contribution in [0.4, 0.5) is 4.79 Å². The highest BCUT2D eigenvalue weighted by Gasteiger charge is 2.36. The van der Waals surface area contributed by atoms with Crippen molar-refractivity contribution in [1.29, 1.82) is 0 Å². The van der Waals surface area contributed by atoms with Crippen LogP contribution in [0.1, 0.15) is 16.8 Å². The van der Waals surface area contributed by atoms with E-state index in [4.69, 9.17) is 4.74 Å². The Morgan fingerprint density at radius 3 is 2.26 bits per heavy atom. The van der Waals surface area contributed by atoms with E-state index in [-0.39, 0.29) is 5.91 Å². The molecule has 0 radical (unpaired) electrons. The Balaban J connectivity index is 1.52. The Bertz CT molecular complexity index is 1060. The third-order valence-corrected chi connectivity index (χ3v) is 5.19. The zero-order valence-corrected chi connectivity index (χ0v) is 17.3.